The van der Waals surface area contributed by atoms with E-state index in [-0.39, 0.29) is 18.1 Å². The standard InChI is InChI=1S/C18H18BrClFN3O2/c1-2-3-17(25)23-12-5-6-13(20)16(9-12)22-10-18(26)24-15-7-4-11(19)8-14(15)21/h4-9,22H,2-3,10H2,1H3,(H,23,25)(H,24,26). The normalized spacial score (nSPS) is 10.3. The predicted octanol–water partition coefficient (Wildman–Crippen LogP) is 5.03. The van der Waals surface area contributed by atoms with E-state index in [1.54, 1.807) is 24.3 Å². The van der Waals surface area contributed by atoms with Gasteiger partial charge in [-0.2, -0.15) is 0 Å². The molecule has 0 aliphatic rings. The molecule has 3 N–H and O–H groups in total. The Balaban J connectivity index is 1.97. The van der Waals surface area contributed by atoms with Crippen LogP contribution in [0.5, 0.6) is 0 Å². The molecule has 0 aliphatic heterocycles. The van der Waals surface area contributed by atoms with Crippen molar-refractivity contribution < 1.29 is 14.0 Å². The first-order valence-corrected chi connectivity index (χ1v) is 9.14. The number of nitrogens with one attached hydrogen (secondary N) is 3. The smallest absolute Gasteiger partial charge is 0.243 e. The lowest BCUT2D eigenvalue weighted by molar-refractivity contribution is -0.116. The van der Waals surface area contributed by atoms with Crippen molar-refractivity contribution in [3.63, 3.8) is 0 Å². The van der Waals surface area contributed by atoms with Crippen molar-refractivity contribution in [2.24, 2.45) is 0 Å². The van der Waals surface area contributed by atoms with Gasteiger partial charge in [-0.3, -0.25) is 9.59 Å². The van der Waals surface area contributed by atoms with Crippen molar-refractivity contribution >= 4 is 56.4 Å². The summed E-state index contributed by atoms with van der Waals surface area (Å²) in [5.41, 5.74) is 1.16. The fraction of sp³-hybridized carbons (Fsp3) is 0.222. The molecule has 5 nitrogen and oxygen atoms in total. The summed E-state index contributed by atoms with van der Waals surface area (Å²) >= 11 is 9.26. The molecular weight excluding hydrogens is 425 g/mol. The maximum absolute atomic E-state index is 13.7. The van der Waals surface area contributed by atoms with Gasteiger partial charge in [-0.15, -0.1) is 0 Å². The molecule has 2 rings (SSSR count). The maximum atomic E-state index is 13.7. The first kappa shape index (κ1) is 20.2. The average Bonchev–Trinajstić information content (AvgIpc) is 2.58. The van der Waals surface area contributed by atoms with Gasteiger partial charge in [0.2, 0.25) is 11.8 Å². The highest BCUT2D eigenvalue weighted by Crippen LogP contribution is 2.26. The number of anilines is 3. The van der Waals surface area contributed by atoms with Gasteiger partial charge >= 0.3 is 0 Å². The third-order valence-electron chi connectivity index (χ3n) is 3.37. The Bertz CT molecular complexity index is 817. The Morgan fingerprint density at radius 3 is 2.54 bits per heavy atom. The summed E-state index contributed by atoms with van der Waals surface area (Å²) in [6.45, 7) is 1.81. The molecule has 0 fully saturated rings. The summed E-state index contributed by atoms with van der Waals surface area (Å²) in [6.07, 6.45) is 1.17. The Morgan fingerprint density at radius 2 is 1.85 bits per heavy atom. The lowest BCUT2D eigenvalue weighted by Crippen LogP contribution is -2.22. The second-order valence-corrected chi connectivity index (χ2v) is 6.84. The fourth-order valence-corrected chi connectivity index (χ4v) is 2.67. The van der Waals surface area contributed by atoms with Crippen molar-refractivity contribution in [1.82, 2.24) is 0 Å². The Hall–Kier alpha value is -2.12. The van der Waals surface area contributed by atoms with Gasteiger partial charge in [0.1, 0.15) is 5.82 Å². The molecule has 0 unspecified atom stereocenters. The van der Waals surface area contributed by atoms with Crippen molar-refractivity contribution in [3.8, 4) is 0 Å². The van der Waals surface area contributed by atoms with E-state index in [1.165, 1.54) is 12.1 Å². The maximum Gasteiger partial charge on any atom is 0.243 e. The molecule has 0 radical (unpaired) electrons. The molecule has 0 saturated carbocycles. The largest absolute Gasteiger partial charge is 0.375 e. The number of carbonyl (C=O) groups is 2. The molecule has 138 valence electrons. The second kappa shape index (κ2) is 9.54. The van der Waals surface area contributed by atoms with Crippen LogP contribution < -0.4 is 16.0 Å². The molecule has 2 aromatic rings. The number of hydrogen-bond acceptors (Lipinski definition) is 3. The van der Waals surface area contributed by atoms with Gasteiger partial charge in [-0.25, -0.2) is 4.39 Å². The molecule has 0 heterocycles. The molecule has 2 amide bonds. The van der Waals surface area contributed by atoms with E-state index < -0.39 is 11.7 Å². The zero-order chi connectivity index (χ0) is 19.1. The minimum Gasteiger partial charge on any atom is -0.375 e. The van der Waals surface area contributed by atoms with Gasteiger partial charge in [0.25, 0.3) is 0 Å². The Morgan fingerprint density at radius 1 is 1.08 bits per heavy atom. The monoisotopic (exact) mass is 441 g/mol. The molecule has 0 spiro atoms. The SMILES string of the molecule is CCCC(=O)Nc1ccc(Cl)c(NCC(=O)Nc2ccc(Br)cc2F)c1. The summed E-state index contributed by atoms with van der Waals surface area (Å²) < 4.78 is 14.3. The van der Waals surface area contributed by atoms with E-state index in [9.17, 15) is 14.0 Å². The van der Waals surface area contributed by atoms with Crippen LogP contribution in [0.1, 0.15) is 19.8 Å². The minimum atomic E-state index is -0.536. The van der Waals surface area contributed by atoms with E-state index in [0.717, 1.165) is 6.42 Å². The highest BCUT2D eigenvalue weighted by Gasteiger charge is 2.09. The van der Waals surface area contributed by atoms with Crippen LogP contribution in [-0.2, 0) is 9.59 Å². The molecule has 2 aromatic carbocycles. The van der Waals surface area contributed by atoms with E-state index in [4.69, 9.17) is 11.6 Å². The average molecular weight is 443 g/mol. The van der Waals surface area contributed by atoms with Crippen LogP contribution in [0.2, 0.25) is 5.02 Å². The number of amides is 2. The van der Waals surface area contributed by atoms with Crippen LogP contribution in [0.4, 0.5) is 21.5 Å². The van der Waals surface area contributed by atoms with Crippen LogP contribution in [0.25, 0.3) is 0 Å². The van der Waals surface area contributed by atoms with Crippen LogP contribution in [0, 0.1) is 5.82 Å². The van der Waals surface area contributed by atoms with Crippen molar-refractivity contribution in [3.05, 3.63) is 51.7 Å². The van der Waals surface area contributed by atoms with Gasteiger partial charge in [-0.1, -0.05) is 34.5 Å². The third-order valence-corrected chi connectivity index (χ3v) is 4.19. The van der Waals surface area contributed by atoms with Crippen molar-refractivity contribution in [1.29, 1.82) is 0 Å². The number of hydrogen-bond donors (Lipinski definition) is 3. The van der Waals surface area contributed by atoms with E-state index in [0.29, 0.717) is 27.3 Å². The van der Waals surface area contributed by atoms with Crippen LogP contribution in [-0.4, -0.2) is 18.4 Å². The lowest BCUT2D eigenvalue weighted by Gasteiger charge is -2.12. The van der Waals surface area contributed by atoms with Crippen LogP contribution in [0.3, 0.4) is 0 Å². The summed E-state index contributed by atoms with van der Waals surface area (Å²) in [6, 6.07) is 9.31. The molecule has 0 atom stereocenters. The minimum absolute atomic E-state index is 0.0895. The van der Waals surface area contributed by atoms with Crippen LogP contribution in [0.15, 0.2) is 40.9 Å². The molecule has 26 heavy (non-hydrogen) atoms. The number of benzene rings is 2. The Kier molecular flexibility index (Phi) is 7.41. The van der Waals surface area contributed by atoms with Gasteiger partial charge in [0, 0.05) is 16.6 Å². The number of rotatable bonds is 7. The van der Waals surface area contributed by atoms with Gasteiger partial charge < -0.3 is 16.0 Å². The molecule has 0 saturated heterocycles. The summed E-state index contributed by atoms with van der Waals surface area (Å²) in [7, 11) is 0. The van der Waals surface area contributed by atoms with Crippen molar-refractivity contribution in [2.45, 2.75) is 19.8 Å². The number of carbonyl (C=O) groups excluding carboxylic acids is 2. The quantitative estimate of drug-likeness (QED) is 0.563. The van der Waals surface area contributed by atoms with E-state index in [1.807, 2.05) is 6.92 Å². The van der Waals surface area contributed by atoms with Crippen molar-refractivity contribution in [2.75, 3.05) is 22.5 Å². The van der Waals surface area contributed by atoms with Gasteiger partial charge in [0.15, 0.2) is 0 Å². The summed E-state index contributed by atoms with van der Waals surface area (Å²) in [5.74, 6) is -1.06. The van der Waals surface area contributed by atoms with Gasteiger partial charge in [0.05, 0.1) is 22.9 Å². The van der Waals surface area contributed by atoms with Crippen LogP contribution >= 0.6 is 27.5 Å². The first-order chi connectivity index (χ1) is 12.4. The Labute approximate surface area is 164 Å². The molecule has 8 heteroatoms. The topological polar surface area (TPSA) is 70.2 Å². The highest BCUT2D eigenvalue weighted by atomic mass is 79.9. The zero-order valence-electron chi connectivity index (χ0n) is 14.0. The first-order valence-electron chi connectivity index (χ1n) is 7.97. The summed E-state index contributed by atoms with van der Waals surface area (Å²) in [5, 5.41) is 8.53. The third kappa shape index (κ3) is 6.00. The predicted molar refractivity (Wildman–Crippen MR) is 106 cm³/mol. The van der Waals surface area contributed by atoms with E-state index in [2.05, 4.69) is 31.9 Å². The molecular formula is C18H18BrClFN3O2. The molecule has 0 bridgehead atoms. The number of halogens is 3. The zero-order valence-corrected chi connectivity index (χ0v) is 16.4. The van der Waals surface area contributed by atoms with Gasteiger partial charge in [-0.05, 0) is 42.8 Å². The van der Waals surface area contributed by atoms with E-state index >= 15 is 0 Å². The molecule has 0 aromatic heterocycles. The highest BCUT2D eigenvalue weighted by molar-refractivity contribution is 9.10. The fourth-order valence-electron chi connectivity index (χ4n) is 2.15. The second-order valence-electron chi connectivity index (χ2n) is 5.52. The lowest BCUT2D eigenvalue weighted by atomic mass is 10.2. The molecule has 0 aliphatic carbocycles. The summed E-state index contributed by atoms with van der Waals surface area (Å²) in [4.78, 5) is 23.7.